The van der Waals surface area contributed by atoms with Crippen LogP contribution in [0.3, 0.4) is 0 Å². The monoisotopic (exact) mass is 758 g/mol. The fourth-order valence-electron chi connectivity index (χ4n) is 5.44. The van der Waals surface area contributed by atoms with Gasteiger partial charge in [-0.15, -0.1) is 0 Å². The van der Waals surface area contributed by atoms with Gasteiger partial charge in [0, 0.05) is 6.42 Å². The molecule has 14 heteroatoms. The van der Waals surface area contributed by atoms with E-state index >= 15 is 0 Å². The van der Waals surface area contributed by atoms with Crippen LogP contribution in [0.2, 0.25) is 0 Å². The number of esters is 5. The first kappa shape index (κ1) is 49.9. The summed E-state index contributed by atoms with van der Waals surface area (Å²) in [5, 5.41) is 3.07. The molecule has 2 atom stereocenters. The molecule has 0 heterocycles. The second-order valence-corrected chi connectivity index (χ2v) is 17.5. The topological polar surface area (TPSA) is 167 Å². The quantitative estimate of drug-likeness (QED) is 0.0870. The van der Waals surface area contributed by atoms with E-state index < -0.39 is 64.2 Å². The lowest BCUT2D eigenvalue weighted by Crippen LogP contribution is -2.49. The third-order valence-corrected chi connectivity index (χ3v) is 7.28. The fraction of sp³-hybridized carbons (Fsp3) is 0.846. The van der Waals surface area contributed by atoms with Gasteiger partial charge in [-0.25, -0.2) is 0 Å². The van der Waals surface area contributed by atoms with Crippen LogP contribution in [0.25, 0.3) is 0 Å². The van der Waals surface area contributed by atoms with Crippen molar-refractivity contribution in [3.63, 3.8) is 0 Å². The molecule has 0 aromatic heterocycles. The Labute approximate surface area is 318 Å². The number of hydrogen-bond donors (Lipinski definition) is 1. The molecule has 0 unspecified atom stereocenters. The van der Waals surface area contributed by atoms with Crippen LogP contribution in [0.1, 0.15) is 128 Å². The van der Waals surface area contributed by atoms with Crippen LogP contribution >= 0.6 is 0 Å². The zero-order valence-electron chi connectivity index (χ0n) is 35.2. The minimum absolute atomic E-state index is 0.153. The highest BCUT2D eigenvalue weighted by molar-refractivity contribution is 5.89. The lowest BCUT2D eigenvalue weighted by molar-refractivity contribution is -0.163. The van der Waals surface area contributed by atoms with E-state index in [1.165, 1.54) is 12.0 Å². The van der Waals surface area contributed by atoms with Gasteiger partial charge in [0.05, 0.1) is 45.2 Å². The summed E-state index contributed by atoms with van der Waals surface area (Å²) in [4.78, 5) is 82.0. The number of rotatable bonds is 23. The Morgan fingerprint density at radius 3 is 1.34 bits per heavy atom. The van der Waals surface area contributed by atoms with E-state index in [1.807, 2.05) is 7.05 Å². The van der Waals surface area contributed by atoms with Crippen LogP contribution in [-0.2, 0) is 52.5 Å². The summed E-state index contributed by atoms with van der Waals surface area (Å²) in [6.07, 6.45) is 2.79. The zero-order valence-corrected chi connectivity index (χ0v) is 35.2. The molecule has 0 aliphatic heterocycles. The Bertz CT molecular complexity index is 1120. The number of unbranched alkanes of at least 4 members (excludes halogenated alkanes) is 2. The first-order valence-corrected chi connectivity index (χ1v) is 18.7. The lowest BCUT2D eigenvalue weighted by atomic mass is 9.91. The molecule has 53 heavy (non-hydrogen) atoms. The average molecular weight is 758 g/mol. The van der Waals surface area contributed by atoms with Crippen molar-refractivity contribution in [1.29, 1.82) is 0 Å². The van der Waals surface area contributed by atoms with Crippen molar-refractivity contribution in [2.24, 2.45) is 5.92 Å². The van der Waals surface area contributed by atoms with Crippen molar-refractivity contribution in [3.05, 3.63) is 0 Å². The minimum Gasteiger partial charge on any atom is -0.469 e. The zero-order chi connectivity index (χ0) is 41.2. The van der Waals surface area contributed by atoms with Crippen molar-refractivity contribution in [1.82, 2.24) is 15.1 Å². The summed E-state index contributed by atoms with van der Waals surface area (Å²) < 4.78 is 27.2. The molecule has 0 aromatic rings. The molecule has 0 aliphatic rings. The van der Waals surface area contributed by atoms with Gasteiger partial charge in [-0.3, -0.25) is 38.6 Å². The molecule has 0 rings (SSSR count). The predicted octanol–water partition coefficient (Wildman–Crippen LogP) is 4.63. The van der Waals surface area contributed by atoms with Gasteiger partial charge in [0.25, 0.3) is 0 Å². The number of nitrogens with one attached hydrogen (secondary N) is 1. The summed E-state index contributed by atoms with van der Waals surface area (Å²) in [5.41, 5.74) is -3.07. The van der Waals surface area contributed by atoms with Gasteiger partial charge >= 0.3 is 29.8 Å². The van der Waals surface area contributed by atoms with Gasteiger partial charge in [-0.05, 0) is 129 Å². The Morgan fingerprint density at radius 1 is 0.566 bits per heavy atom. The van der Waals surface area contributed by atoms with E-state index in [4.69, 9.17) is 23.7 Å². The van der Waals surface area contributed by atoms with E-state index in [0.717, 1.165) is 13.0 Å². The largest absolute Gasteiger partial charge is 0.469 e. The van der Waals surface area contributed by atoms with E-state index in [0.29, 0.717) is 25.7 Å². The third kappa shape index (κ3) is 26.3. The molecule has 0 saturated carbocycles. The van der Waals surface area contributed by atoms with Crippen molar-refractivity contribution in [3.8, 4) is 0 Å². The number of nitrogens with zero attached hydrogens (tertiary/aromatic N) is 2. The number of hydrogen-bond acceptors (Lipinski definition) is 14. The minimum atomic E-state index is -0.968. The summed E-state index contributed by atoms with van der Waals surface area (Å²) in [6.45, 7) is 20.9. The molecule has 1 N–H and O–H groups in total. The lowest BCUT2D eigenvalue weighted by Gasteiger charge is -2.32. The van der Waals surface area contributed by atoms with Crippen molar-refractivity contribution >= 4 is 35.6 Å². The first-order chi connectivity index (χ1) is 24.1. The summed E-state index contributed by atoms with van der Waals surface area (Å²) >= 11 is 0. The third-order valence-electron chi connectivity index (χ3n) is 7.28. The molecule has 0 radical (unpaired) electrons. The Morgan fingerprint density at radius 2 is 0.962 bits per heavy atom. The maximum absolute atomic E-state index is 14.2. The van der Waals surface area contributed by atoms with Crippen LogP contribution < -0.4 is 5.32 Å². The SMILES string of the molecule is CNCCCC[C@H](CC(=O)[C@H](CCCCN(CC(=O)OC(C)(C)C)CC(=O)OC(C)(C)C)N(CC(=O)OC(C)(C)C)CC(=O)OC(C)(C)C)C(=O)OC. The summed E-state index contributed by atoms with van der Waals surface area (Å²) in [5.74, 6) is -3.81. The highest BCUT2D eigenvalue weighted by Gasteiger charge is 2.34. The number of ketones is 1. The smallest absolute Gasteiger partial charge is 0.320 e. The van der Waals surface area contributed by atoms with Gasteiger partial charge < -0.3 is 29.0 Å². The molecule has 0 amide bonds. The number of carbonyl (C=O) groups excluding carboxylic acids is 6. The standard InChI is InChI=1S/C39H71N3O11/c1-36(2,3)50-31(44)24-41(25-32(45)51-37(4,5)6)22-18-16-20-29(30(43)23-28(35(48)49-14)19-15-17-21-40-13)42(26-33(46)52-38(7,8)9)27-34(47)53-39(10,11)12/h28-29,40H,15-27H2,1-14H3/t28-,29+/m1/s1. The Kier molecular flexibility index (Phi) is 21.6. The molecule has 0 saturated heterocycles. The molecule has 0 aromatic carbocycles. The Balaban J connectivity index is 6.47. The van der Waals surface area contributed by atoms with Gasteiger partial charge in [0.1, 0.15) is 22.4 Å². The van der Waals surface area contributed by atoms with Gasteiger partial charge in [0.15, 0.2) is 5.78 Å². The van der Waals surface area contributed by atoms with Crippen LogP contribution in [0, 0.1) is 5.92 Å². The molecule has 14 nitrogen and oxygen atoms in total. The second kappa shape index (κ2) is 23.0. The second-order valence-electron chi connectivity index (χ2n) is 17.5. The summed E-state index contributed by atoms with van der Waals surface area (Å²) in [6, 6.07) is -0.968. The van der Waals surface area contributed by atoms with E-state index in [1.54, 1.807) is 88.0 Å². The number of ether oxygens (including phenoxy) is 5. The van der Waals surface area contributed by atoms with E-state index in [-0.39, 0.29) is 51.3 Å². The number of methoxy groups -OCH3 is 1. The number of Topliss-reactive ketones (excluding diaryl/α,β-unsaturated/α-hetero) is 1. The highest BCUT2D eigenvalue weighted by Crippen LogP contribution is 2.22. The first-order valence-electron chi connectivity index (χ1n) is 18.7. The van der Waals surface area contributed by atoms with Gasteiger partial charge in [-0.1, -0.05) is 12.8 Å². The van der Waals surface area contributed by atoms with Crippen LogP contribution in [0.5, 0.6) is 0 Å². The average Bonchev–Trinajstić information content (AvgIpc) is 2.93. The molecular formula is C39H71N3O11. The highest BCUT2D eigenvalue weighted by atomic mass is 16.6. The molecule has 0 fully saturated rings. The normalized spacial score (nSPS) is 13.7. The predicted molar refractivity (Wildman–Crippen MR) is 202 cm³/mol. The van der Waals surface area contributed by atoms with Crippen molar-refractivity contribution in [2.45, 2.75) is 156 Å². The fourth-order valence-corrected chi connectivity index (χ4v) is 5.44. The molecular weight excluding hydrogens is 686 g/mol. The van der Waals surface area contributed by atoms with Crippen molar-refractivity contribution in [2.75, 3.05) is 53.4 Å². The van der Waals surface area contributed by atoms with E-state index in [2.05, 4.69) is 5.32 Å². The molecule has 0 aliphatic carbocycles. The van der Waals surface area contributed by atoms with Gasteiger partial charge in [0.2, 0.25) is 0 Å². The van der Waals surface area contributed by atoms with Crippen molar-refractivity contribution < 1.29 is 52.5 Å². The molecule has 308 valence electrons. The summed E-state index contributed by atoms with van der Waals surface area (Å²) in [7, 11) is 3.12. The van der Waals surface area contributed by atoms with E-state index in [9.17, 15) is 28.8 Å². The van der Waals surface area contributed by atoms with Crippen LogP contribution in [0.4, 0.5) is 0 Å². The maximum atomic E-state index is 14.2. The maximum Gasteiger partial charge on any atom is 0.320 e. The Hall–Kier alpha value is -3.10. The van der Waals surface area contributed by atoms with Crippen LogP contribution in [-0.4, -0.2) is 127 Å². The molecule has 0 bridgehead atoms. The van der Waals surface area contributed by atoms with Gasteiger partial charge in [-0.2, -0.15) is 0 Å². The number of carbonyl (C=O) groups is 6. The van der Waals surface area contributed by atoms with Crippen LogP contribution in [0.15, 0.2) is 0 Å². The molecule has 0 spiro atoms.